The lowest BCUT2D eigenvalue weighted by Gasteiger charge is -2.20. The monoisotopic (exact) mass is 509 g/mol. The fourth-order valence-corrected chi connectivity index (χ4v) is 4.35. The van der Waals surface area contributed by atoms with Crippen LogP contribution >= 0.6 is 23.2 Å². The number of nitrogens with zero attached hydrogens (tertiary/aromatic N) is 2. The van der Waals surface area contributed by atoms with Crippen LogP contribution in [0.1, 0.15) is 58.2 Å². The van der Waals surface area contributed by atoms with Crippen molar-refractivity contribution in [2.75, 3.05) is 6.54 Å². The van der Waals surface area contributed by atoms with Gasteiger partial charge in [-0.25, -0.2) is 13.2 Å². The Hall–Kier alpha value is -2.84. The number of rotatable bonds is 7. The van der Waals surface area contributed by atoms with Crippen molar-refractivity contribution in [1.29, 1.82) is 0 Å². The molecule has 1 heterocycles. The summed E-state index contributed by atoms with van der Waals surface area (Å²) in [6, 6.07) is 9.75. The molecule has 0 bridgehead atoms. The summed E-state index contributed by atoms with van der Waals surface area (Å²) < 4.78 is 46.7. The van der Waals surface area contributed by atoms with Gasteiger partial charge in [0.1, 0.15) is 17.5 Å². The molecule has 1 atom stereocenters. The zero-order valence-corrected chi connectivity index (χ0v) is 19.3. The molecule has 1 N–H and O–H groups in total. The van der Waals surface area contributed by atoms with E-state index in [-0.39, 0.29) is 39.9 Å². The van der Waals surface area contributed by atoms with E-state index in [4.69, 9.17) is 27.9 Å². The van der Waals surface area contributed by atoms with E-state index >= 15 is 0 Å². The smallest absolute Gasteiger partial charge is 0.263 e. The number of halogens is 5. The maximum absolute atomic E-state index is 14.8. The third kappa shape index (κ3) is 5.45. The molecular weight excluding hydrogens is 490 g/mol. The highest BCUT2D eigenvalue weighted by Gasteiger charge is 2.27. The summed E-state index contributed by atoms with van der Waals surface area (Å²) in [5, 5.41) is 11.3. The lowest BCUT2D eigenvalue weighted by molar-refractivity contribution is 0.0936. The molecule has 1 aliphatic rings. The molecular formula is C24H20Cl2F3N3O2. The first kappa shape index (κ1) is 24.3. The molecule has 10 heteroatoms. The van der Waals surface area contributed by atoms with Crippen LogP contribution < -0.4 is 10.1 Å². The van der Waals surface area contributed by atoms with Gasteiger partial charge < -0.3 is 10.1 Å². The minimum Gasteiger partial charge on any atom is -0.437 e. The van der Waals surface area contributed by atoms with Gasteiger partial charge in [-0.05, 0) is 55.5 Å². The summed E-state index contributed by atoms with van der Waals surface area (Å²) in [5.74, 6) is -0.626. The number of hydrogen-bond donors (Lipinski definition) is 1. The molecule has 0 aliphatic heterocycles. The average molecular weight is 510 g/mol. The Balaban J connectivity index is 1.60. The lowest BCUT2D eigenvalue weighted by atomic mass is 9.92. The number of aryl methyl sites for hydroxylation is 1. The second-order valence-corrected chi connectivity index (χ2v) is 8.67. The molecule has 1 amide bonds. The Labute approximate surface area is 204 Å². The maximum atomic E-state index is 14.8. The van der Waals surface area contributed by atoms with Crippen molar-refractivity contribution in [3.63, 3.8) is 0 Å². The molecule has 1 unspecified atom stereocenters. The van der Waals surface area contributed by atoms with Gasteiger partial charge >= 0.3 is 0 Å². The number of ether oxygens (including phenoxy) is 1. The van der Waals surface area contributed by atoms with Gasteiger partial charge in [-0.15, -0.1) is 5.10 Å². The van der Waals surface area contributed by atoms with Crippen LogP contribution in [0.3, 0.4) is 0 Å². The summed E-state index contributed by atoms with van der Waals surface area (Å²) >= 11 is 11.9. The fraction of sp³-hybridized carbons (Fsp3) is 0.292. The van der Waals surface area contributed by atoms with E-state index in [0.29, 0.717) is 29.1 Å². The Morgan fingerprint density at radius 3 is 2.62 bits per heavy atom. The van der Waals surface area contributed by atoms with Crippen LogP contribution in [0.25, 0.3) is 0 Å². The molecule has 34 heavy (non-hydrogen) atoms. The van der Waals surface area contributed by atoms with Gasteiger partial charge in [-0.1, -0.05) is 41.4 Å². The van der Waals surface area contributed by atoms with Crippen LogP contribution in [0, 0.1) is 0 Å². The summed E-state index contributed by atoms with van der Waals surface area (Å²) in [7, 11) is 0. The van der Waals surface area contributed by atoms with Crippen molar-refractivity contribution in [2.24, 2.45) is 0 Å². The van der Waals surface area contributed by atoms with E-state index in [2.05, 4.69) is 15.5 Å². The molecule has 0 saturated heterocycles. The second-order valence-electron chi connectivity index (χ2n) is 7.83. The van der Waals surface area contributed by atoms with Gasteiger partial charge in [-0.2, -0.15) is 5.10 Å². The van der Waals surface area contributed by atoms with Crippen LogP contribution in [0.5, 0.6) is 11.6 Å². The Morgan fingerprint density at radius 1 is 1.06 bits per heavy atom. The number of carbonyl (C=O) groups is 1. The minimum atomic E-state index is -2.68. The second kappa shape index (κ2) is 10.6. The largest absolute Gasteiger partial charge is 0.437 e. The summed E-state index contributed by atoms with van der Waals surface area (Å²) in [6.07, 6.45) is -1.29. The number of nitrogens with one attached hydrogen (secondary N) is 1. The van der Waals surface area contributed by atoms with Crippen LogP contribution in [0.15, 0.2) is 42.5 Å². The van der Waals surface area contributed by atoms with Crippen LogP contribution in [-0.2, 0) is 12.8 Å². The van der Waals surface area contributed by atoms with E-state index in [0.717, 1.165) is 12.8 Å². The molecule has 1 aliphatic carbocycles. The van der Waals surface area contributed by atoms with Gasteiger partial charge in [0.25, 0.3) is 18.2 Å². The number of fused-ring (bicyclic) bond motifs is 1. The van der Waals surface area contributed by atoms with E-state index in [1.807, 2.05) is 0 Å². The molecule has 5 nitrogen and oxygen atoms in total. The number of amides is 1. The molecule has 4 rings (SSSR count). The first-order chi connectivity index (χ1) is 16.3. The molecule has 178 valence electrons. The van der Waals surface area contributed by atoms with E-state index < -0.39 is 18.5 Å². The zero-order valence-electron chi connectivity index (χ0n) is 17.8. The van der Waals surface area contributed by atoms with Crippen molar-refractivity contribution in [2.45, 2.75) is 38.3 Å². The van der Waals surface area contributed by atoms with Crippen LogP contribution in [0.2, 0.25) is 10.0 Å². The molecule has 1 aromatic heterocycles. The van der Waals surface area contributed by atoms with E-state index in [1.54, 1.807) is 0 Å². The highest BCUT2D eigenvalue weighted by atomic mass is 35.5. The van der Waals surface area contributed by atoms with Gasteiger partial charge in [0, 0.05) is 21.2 Å². The van der Waals surface area contributed by atoms with Gasteiger partial charge in [0.2, 0.25) is 0 Å². The number of benzene rings is 2. The Bertz CT molecular complexity index is 1210. The molecule has 2 aromatic carbocycles. The van der Waals surface area contributed by atoms with Crippen molar-refractivity contribution < 1.29 is 22.7 Å². The van der Waals surface area contributed by atoms with Gasteiger partial charge in [0.05, 0.1) is 12.2 Å². The first-order valence-corrected chi connectivity index (χ1v) is 11.4. The number of hydrogen-bond acceptors (Lipinski definition) is 4. The van der Waals surface area contributed by atoms with Gasteiger partial charge in [-0.3, -0.25) is 4.79 Å². The minimum absolute atomic E-state index is 0.0909. The quantitative estimate of drug-likeness (QED) is 0.379. The topological polar surface area (TPSA) is 64.1 Å². The van der Waals surface area contributed by atoms with Crippen molar-refractivity contribution in [1.82, 2.24) is 15.5 Å². The predicted octanol–water partition coefficient (Wildman–Crippen LogP) is 6.83. The SMILES string of the molecule is O=C(NCC(F)c1ccc(Cl)cc1Cl)c1c(Oc2cccc(C(F)F)c2)nnc2c1CCCC2. The molecule has 0 saturated carbocycles. The van der Waals surface area contributed by atoms with Crippen molar-refractivity contribution in [3.8, 4) is 11.6 Å². The maximum Gasteiger partial charge on any atom is 0.263 e. The lowest BCUT2D eigenvalue weighted by Crippen LogP contribution is -2.30. The average Bonchev–Trinajstić information content (AvgIpc) is 2.82. The standard InChI is InChI=1S/C24H20Cl2F3N3O2/c25-14-8-9-16(18(26)11-14)19(27)12-30-23(33)21-17-6-1-2-7-20(17)31-32-24(21)34-15-5-3-4-13(10-15)22(28)29/h3-5,8-11,19,22H,1-2,6-7,12H2,(H,30,33). The Morgan fingerprint density at radius 2 is 1.85 bits per heavy atom. The molecule has 0 spiro atoms. The third-order valence-electron chi connectivity index (χ3n) is 5.51. The molecule has 0 fully saturated rings. The number of aromatic nitrogens is 2. The fourth-order valence-electron chi connectivity index (χ4n) is 3.82. The highest BCUT2D eigenvalue weighted by molar-refractivity contribution is 6.35. The van der Waals surface area contributed by atoms with E-state index in [1.165, 1.54) is 42.5 Å². The normalized spacial score (nSPS) is 13.9. The van der Waals surface area contributed by atoms with E-state index in [9.17, 15) is 18.0 Å². The molecule has 0 radical (unpaired) electrons. The van der Waals surface area contributed by atoms with Gasteiger partial charge in [0.15, 0.2) is 0 Å². The summed E-state index contributed by atoms with van der Waals surface area (Å²) in [6.45, 7) is -0.350. The van der Waals surface area contributed by atoms with Crippen molar-refractivity contribution in [3.05, 3.63) is 80.5 Å². The zero-order chi connectivity index (χ0) is 24.2. The number of carbonyl (C=O) groups excluding carboxylic acids is 1. The van der Waals surface area contributed by atoms with Crippen molar-refractivity contribution >= 4 is 29.1 Å². The van der Waals surface area contributed by atoms with Crippen LogP contribution in [-0.4, -0.2) is 22.6 Å². The summed E-state index contributed by atoms with van der Waals surface area (Å²) in [5.41, 5.74) is 1.43. The third-order valence-corrected chi connectivity index (χ3v) is 6.07. The Kier molecular flexibility index (Phi) is 7.58. The highest BCUT2D eigenvalue weighted by Crippen LogP contribution is 2.33. The number of alkyl halides is 3. The molecule has 3 aromatic rings. The first-order valence-electron chi connectivity index (χ1n) is 10.6. The predicted molar refractivity (Wildman–Crippen MR) is 123 cm³/mol. The van der Waals surface area contributed by atoms with Crippen LogP contribution in [0.4, 0.5) is 13.2 Å². The summed E-state index contributed by atoms with van der Waals surface area (Å²) in [4.78, 5) is 13.2.